The number of piperazine rings is 1. The third-order valence-electron chi connectivity index (χ3n) is 4.16. The molecule has 2 amide bonds. The van der Waals surface area contributed by atoms with Gasteiger partial charge in [0.1, 0.15) is 5.82 Å². The zero-order valence-corrected chi connectivity index (χ0v) is 14.4. The van der Waals surface area contributed by atoms with Crippen molar-refractivity contribution in [2.45, 2.75) is 6.54 Å². The monoisotopic (exact) mass is 358 g/mol. The van der Waals surface area contributed by atoms with Crippen LogP contribution >= 0.6 is 11.6 Å². The summed E-state index contributed by atoms with van der Waals surface area (Å²) in [4.78, 5) is 31.2. The maximum Gasteiger partial charge on any atom is 0.253 e. The number of rotatable bonds is 5. The van der Waals surface area contributed by atoms with E-state index < -0.39 is 0 Å². The van der Waals surface area contributed by atoms with E-state index in [1.807, 2.05) is 18.2 Å². The molecule has 0 aliphatic carbocycles. The third-order valence-corrected chi connectivity index (χ3v) is 4.42. The van der Waals surface area contributed by atoms with Gasteiger partial charge in [-0.3, -0.25) is 9.59 Å². The van der Waals surface area contributed by atoms with Crippen LogP contribution in [0.1, 0.15) is 15.9 Å². The van der Waals surface area contributed by atoms with Crippen LogP contribution in [0.2, 0.25) is 5.02 Å². The van der Waals surface area contributed by atoms with Gasteiger partial charge in [0.05, 0.1) is 5.56 Å². The van der Waals surface area contributed by atoms with E-state index in [0.717, 1.165) is 30.9 Å². The lowest BCUT2D eigenvalue weighted by Gasteiger charge is -2.33. The molecule has 0 bridgehead atoms. The van der Waals surface area contributed by atoms with Gasteiger partial charge in [0.2, 0.25) is 6.41 Å². The minimum Gasteiger partial charge on any atom is -0.353 e. The first-order chi connectivity index (χ1) is 12.2. The van der Waals surface area contributed by atoms with Gasteiger partial charge in [-0.15, -0.1) is 0 Å². The lowest BCUT2D eigenvalue weighted by Crippen LogP contribution is -2.46. The van der Waals surface area contributed by atoms with Crippen molar-refractivity contribution >= 4 is 29.7 Å². The molecule has 1 aliphatic rings. The SMILES string of the molecule is O=CN1CCN(c2ccc(C(=O)NCc3ccc(Cl)cc3)cn2)CC1. The molecule has 25 heavy (non-hydrogen) atoms. The van der Waals surface area contributed by atoms with Crippen LogP contribution in [0.5, 0.6) is 0 Å². The molecule has 7 heteroatoms. The van der Waals surface area contributed by atoms with Crippen molar-refractivity contribution in [1.82, 2.24) is 15.2 Å². The number of aromatic nitrogens is 1. The van der Waals surface area contributed by atoms with Gasteiger partial charge in [-0.2, -0.15) is 0 Å². The van der Waals surface area contributed by atoms with E-state index in [-0.39, 0.29) is 5.91 Å². The molecule has 1 fully saturated rings. The van der Waals surface area contributed by atoms with Crippen LogP contribution in [0, 0.1) is 0 Å². The fourth-order valence-corrected chi connectivity index (χ4v) is 2.78. The highest BCUT2D eigenvalue weighted by molar-refractivity contribution is 6.30. The smallest absolute Gasteiger partial charge is 0.253 e. The van der Waals surface area contributed by atoms with E-state index >= 15 is 0 Å². The molecule has 0 unspecified atom stereocenters. The Morgan fingerprint density at radius 1 is 1.12 bits per heavy atom. The van der Waals surface area contributed by atoms with Crippen molar-refractivity contribution in [1.29, 1.82) is 0 Å². The van der Waals surface area contributed by atoms with Gasteiger partial charge in [-0.25, -0.2) is 4.98 Å². The molecule has 6 nitrogen and oxygen atoms in total. The molecule has 0 spiro atoms. The molecular weight excluding hydrogens is 340 g/mol. The van der Waals surface area contributed by atoms with Crippen molar-refractivity contribution in [3.63, 3.8) is 0 Å². The Balaban J connectivity index is 1.55. The second-order valence-corrected chi connectivity index (χ2v) is 6.28. The largest absolute Gasteiger partial charge is 0.353 e. The van der Waals surface area contributed by atoms with Gasteiger partial charge in [0.25, 0.3) is 5.91 Å². The summed E-state index contributed by atoms with van der Waals surface area (Å²) in [7, 11) is 0. The van der Waals surface area contributed by atoms with Crippen LogP contribution in [0.25, 0.3) is 0 Å². The number of carbonyl (C=O) groups excluding carboxylic acids is 2. The van der Waals surface area contributed by atoms with Gasteiger partial charge >= 0.3 is 0 Å². The van der Waals surface area contributed by atoms with Crippen LogP contribution in [-0.4, -0.2) is 48.4 Å². The number of amides is 2. The Morgan fingerprint density at radius 3 is 2.44 bits per heavy atom. The van der Waals surface area contributed by atoms with Crippen LogP contribution in [0.4, 0.5) is 5.82 Å². The molecular formula is C18H19ClN4O2. The summed E-state index contributed by atoms with van der Waals surface area (Å²) < 4.78 is 0. The first kappa shape index (κ1) is 17.2. The first-order valence-corrected chi connectivity index (χ1v) is 8.46. The van der Waals surface area contributed by atoms with Crippen LogP contribution < -0.4 is 10.2 Å². The molecule has 1 aromatic carbocycles. The van der Waals surface area contributed by atoms with Crippen molar-refractivity contribution in [3.8, 4) is 0 Å². The Morgan fingerprint density at radius 2 is 1.84 bits per heavy atom. The van der Waals surface area contributed by atoms with E-state index in [9.17, 15) is 9.59 Å². The molecule has 2 aromatic rings. The highest BCUT2D eigenvalue weighted by Gasteiger charge is 2.17. The standard InChI is InChI=1S/C18H19ClN4O2/c19-16-4-1-14(2-5-16)11-21-18(25)15-3-6-17(20-12-15)23-9-7-22(13-24)8-10-23/h1-6,12-13H,7-11H2,(H,21,25). The quantitative estimate of drug-likeness (QED) is 0.830. The van der Waals surface area contributed by atoms with Gasteiger partial charge in [-0.1, -0.05) is 23.7 Å². The number of hydrogen-bond donors (Lipinski definition) is 1. The number of pyridine rings is 1. The number of nitrogens with zero attached hydrogens (tertiary/aromatic N) is 3. The lowest BCUT2D eigenvalue weighted by molar-refractivity contribution is -0.118. The number of nitrogens with one attached hydrogen (secondary N) is 1. The van der Waals surface area contributed by atoms with E-state index in [1.165, 1.54) is 0 Å². The van der Waals surface area contributed by atoms with Crippen LogP contribution in [0.15, 0.2) is 42.6 Å². The van der Waals surface area contributed by atoms with E-state index in [0.29, 0.717) is 30.2 Å². The van der Waals surface area contributed by atoms with E-state index in [1.54, 1.807) is 29.3 Å². The number of halogens is 1. The molecule has 0 saturated carbocycles. The average molecular weight is 359 g/mol. The predicted octanol–water partition coefficient (Wildman–Crippen LogP) is 1.94. The molecule has 0 atom stereocenters. The highest BCUT2D eigenvalue weighted by Crippen LogP contribution is 2.14. The normalized spacial score (nSPS) is 14.3. The van der Waals surface area contributed by atoms with Crippen molar-refractivity contribution in [2.24, 2.45) is 0 Å². The highest BCUT2D eigenvalue weighted by atomic mass is 35.5. The van der Waals surface area contributed by atoms with E-state index in [2.05, 4.69) is 15.2 Å². The molecule has 1 aromatic heterocycles. The summed E-state index contributed by atoms with van der Waals surface area (Å²) in [6, 6.07) is 11.0. The summed E-state index contributed by atoms with van der Waals surface area (Å²) in [6.45, 7) is 3.30. The number of anilines is 1. The summed E-state index contributed by atoms with van der Waals surface area (Å²) in [6.07, 6.45) is 2.46. The Kier molecular flexibility index (Phi) is 5.50. The van der Waals surface area contributed by atoms with Gasteiger partial charge in [-0.05, 0) is 29.8 Å². The van der Waals surface area contributed by atoms with Gasteiger partial charge < -0.3 is 15.1 Å². The maximum atomic E-state index is 12.2. The van der Waals surface area contributed by atoms with Crippen LogP contribution in [0.3, 0.4) is 0 Å². The predicted molar refractivity (Wildman–Crippen MR) is 96.7 cm³/mol. The van der Waals surface area contributed by atoms with E-state index in [4.69, 9.17) is 11.6 Å². The average Bonchev–Trinajstić information content (AvgIpc) is 2.67. The summed E-state index contributed by atoms with van der Waals surface area (Å²) in [5, 5.41) is 3.54. The molecule has 2 heterocycles. The minimum absolute atomic E-state index is 0.167. The van der Waals surface area contributed by atoms with Crippen molar-refractivity contribution < 1.29 is 9.59 Å². The Hall–Kier alpha value is -2.60. The fraction of sp³-hybridized carbons (Fsp3) is 0.278. The minimum atomic E-state index is -0.167. The zero-order valence-electron chi connectivity index (χ0n) is 13.7. The van der Waals surface area contributed by atoms with Gasteiger partial charge in [0, 0.05) is 43.9 Å². The van der Waals surface area contributed by atoms with Crippen molar-refractivity contribution in [3.05, 3.63) is 58.7 Å². The molecule has 3 rings (SSSR count). The fourth-order valence-electron chi connectivity index (χ4n) is 2.65. The summed E-state index contributed by atoms with van der Waals surface area (Å²) >= 11 is 5.85. The lowest BCUT2D eigenvalue weighted by atomic mass is 10.2. The Labute approximate surface area is 151 Å². The van der Waals surface area contributed by atoms with Crippen molar-refractivity contribution in [2.75, 3.05) is 31.1 Å². The summed E-state index contributed by atoms with van der Waals surface area (Å²) in [5.74, 6) is 0.652. The molecule has 1 N–H and O–H groups in total. The number of hydrogen-bond acceptors (Lipinski definition) is 4. The molecule has 130 valence electrons. The number of benzene rings is 1. The first-order valence-electron chi connectivity index (χ1n) is 8.09. The second kappa shape index (κ2) is 7.98. The molecule has 1 aliphatic heterocycles. The maximum absolute atomic E-state index is 12.2. The zero-order chi connectivity index (χ0) is 17.6. The molecule has 1 saturated heterocycles. The van der Waals surface area contributed by atoms with Gasteiger partial charge in [0.15, 0.2) is 0 Å². The number of carbonyl (C=O) groups is 2. The van der Waals surface area contributed by atoms with Crippen LogP contribution in [-0.2, 0) is 11.3 Å². The topological polar surface area (TPSA) is 65.5 Å². The molecule has 0 radical (unpaired) electrons. The second-order valence-electron chi connectivity index (χ2n) is 5.84. The Bertz CT molecular complexity index is 726. The summed E-state index contributed by atoms with van der Waals surface area (Å²) in [5.41, 5.74) is 1.50. The third kappa shape index (κ3) is 4.48.